The highest BCUT2D eigenvalue weighted by molar-refractivity contribution is 14.1. The average molecular weight is 466 g/mol. The first kappa shape index (κ1) is 23.4. The number of hydrogen-bond acceptors (Lipinski definition) is 2. The number of alkyl halides is 1. The first-order chi connectivity index (χ1) is 10.8. The molecule has 0 spiro atoms. The molecule has 1 aliphatic rings. The van der Waals surface area contributed by atoms with Gasteiger partial charge in [0.1, 0.15) is 3.42 Å². The maximum atomic E-state index is 10.9. The molecule has 1 aliphatic carbocycles. The summed E-state index contributed by atoms with van der Waals surface area (Å²) < 4.78 is -1.12. The molecular weight excluding hydrogens is 435 g/mol. The van der Waals surface area contributed by atoms with Crippen molar-refractivity contribution < 1.29 is 19.8 Å². The van der Waals surface area contributed by atoms with Crippen LogP contribution in [0.5, 0.6) is 0 Å². The Morgan fingerprint density at radius 3 is 1.75 bits per heavy atom. The molecule has 0 aromatic heterocycles. The second-order valence-corrected chi connectivity index (χ2v) is 14.6. The lowest BCUT2D eigenvalue weighted by Crippen LogP contribution is -2.33. The van der Waals surface area contributed by atoms with Crippen LogP contribution < -0.4 is 0 Å². The van der Waals surface area contributed by atoms with Crippen LogP contribution in [-0.4, -0.2) is 34.4 Å². The second-order valence-electron chi connectivity index (χ2n) is 7.52. The zero-order valence-corrected chi connectivity index (χ0v) is 19.1. The molecule has 1 atom stereocenters. The van der Waals surface area contributed by atoms with Crippen molar-refractivity contribution >= 4 is 43.3 Å². The van der Waals surface area contributed by atoms with E-state index in [4.69, 9.17) is 10.2 Å². The summed E-state index contributed by atoms with van der Waals surface area (Å²) >= 11 is 1.76. The Morgan fingerprint density at radius 1 is 1.08 bits per heavy atom. The summed E-state index contributed by atoms with van der Waals surface area (Å²) in [6, 6.07) is 0. The van der Waals surface area contributed by atoms with E-state index >= 15 is 0 Å². The fourth-order valence-corrected chi connectivity index (χ4v) is 9.16. The molecule has 24 heavy (non-hydrogen) atoms. The van der Waals surface area contributed by atoms with Gasteiger partial charge in [-0.25, -0.2) is 4.79 Å². The predicted molar refractivity (Wildman–Crippen MR) is 111 cm³/mol. The molecule has 0 saturated heterocycles. The van der Waals surface area contributed by atoms with E-state index in [1.807, 2.05) is 0 Å². The first-order valence-corrected chi connectivity index (χ1v) is 11.4. The molecule has 2 N–H and O–H groups in total. The van der Waals surface area contributed by atoms with Crippen molar-refractivity contribution in [2.75, 3.05) is 0 Å². The van der Waals surface area contributed by atoms with Crippen LogP contribution in [0.25, 0.3) is 0 Å². The van der Waals surface area contributed by atoms with Gasteiger partial charge >= 0.3 is 11.9 Å². The summed E-state index contributed by atoms with van der Waals surface area (Å²) in [7, 11) is -0.454. The molecular formula is C18H31IO4Si. The molecule has 0 aliphatic heterocycles. The molecule has 6 heteroatoms. The Labute approximate surface area is 161 Å². The lowest BCUT2D eigenvalue weighted by atomic mass is 9.91. The summed E-state index contributed by atoms with van der Waals surface area (Å²) in [5.41, 5.74) is 3.73. The van der Waals surface area contributed by atoms with Crippen LogP contribution in [0.1, 0.15) is 54.9 Å². The van der Waals surface area contributed by atoms with Crippen molar-refractivity contribution in [3.63, 3.8) is 0 Å². The normalized spacial score (nSPS) is 20.7. The van der Waals surface area contributed by atoms with Gasteiger partial charge in [-0.05, 0) is 13.0 Å². The van der Waals surface area contributed by atoms with E-state index in [9.17, 15) is 9.59 Å². The third kappa shape index (κ3) is 7.09. The molecule has 0 heterocycles. The van der Waals surface area contributed by atoms with Gasteiger partial charge in [-0.1, -0.05) is 92.4 Å². The molecule has 1 rings (SSSR count). The second kappa shape index (κ2) is 9.75. The summed E-state index contributed by atoms with van der Waals surface area (Å²) in [6.07, 6.45) is 3.10. The maximum absolute atomic E-state index is 10.9. The Morgan fingerprint density at radius 2 is 1.50 bits per heavy atom. The molecule has 0 aromatic carbocycles. The third-order valence-electron chi connectivity index (χ3n) is 4.25. The molecule has 0 bridgehead atoms. The van der Waals surface area contributed by atoms with Gasteiger partial charge in [0.15, 0.2) is 0 Å². The Hall–Kier alpha value is -0.633. The van der Waals surface area contributed by atoms with Crippen molar-refractivity contribution in [3.05, 3.63) is 23.3 Å². The molecule has 138 valence electrons. The van der Waals surface area contributed by atoms with E-state index in [0.29, 0.717) is 5.57 Å². The summed E-state index contributed by atoms with van der Waals surface area (Å²) in [5, 5.41) is 17.7. The van der Waals surface area contributed by atoms with Gasteiger partial charge in [-0.3, -0.25) is 4.79 Å². The van der Waals surface area contributed by atoms with Crippen molar-refractivity contribution in [2.24, 2.45) is 0 Å². The fourth-order valence-electron chi connectivity index (χ4n) is 3.64. The lowest BCUT2D eigenvalue weighted by Gasteiger charge is -2.26. The van der Waals surface area contributed by atoms with Crippen LogP contribution in [0.3, 0.4) is 0 Å². The van der Waals surface area contributed by atoms with Gasteiger partial charge < -0.3 is 10.2 Å². The average Bonchev–Trinajstić information content (AvgIpc) is 2.36. The van der Waals surface area contributed by atoms with Crippen LogP contribution in [0.4, 0.5) is 0 Å². The Bertz CT molecular complexity index is 504. The number of allylic oxidation sites excluding steroid dienone is 2. The van der Waals surface area contributed by atoms with Gasteiger partial charge in [0.25, 0.3) is 0 Å². The van der Waals surface area contributed by atoms with Crippen molar-refractivity contribution in [1.82, 2.24) is 0 Å². The fraction of sp³-hybridized carbons (Fsp3) is 0.667. The molecule has 0 fully saturated rings. The minimum Gasteiger partial charge on any atom is -0.480 e. The number of halogens is 1. The number of aliphatic carboxylic acids is 2. The lowest BCUT2D eigenvalue weighted by molar-refractivity contribution is -0.138. The van der Waals surface area contributed by atoms with Crippen LogP contribution in [0.2, 0.25) is 16.6 Å². The number of rotatable bonds is 5. The van der Waals surface area contributed by atoms with E-state index in [-0.39, 0.29) is 12.0 Å². The molecule has 0 amide bonds. The highest BCUT2D eigenvalue weighted by Crippen LogP contribution is 2.34. The van der Waals surface area contributed by atoms with E-state index in [1.165, 1.54) is 6.08 Å². The number of carboxylic acid groups (broad SMARTS) is 2. The summed E-state index contributed by atoms with van der Waals surface area (Å²) in [5.74, 6) is -2.07. The van der Waals surface area contributed by atoms with E-state index in [2.05, 4.69) is 41.5 Å². The zero-order valence-electron chi connectivity index (χ0n) is 15.8. The Kier molecular flexibility index (Phi) is 9.49. The minimum absolute atomic E-state index is 0.0234. The van der Waals surface area contributed by atoms with Crippen molar-refractivity contribution in [2.45, 2.75) is 74.9 Å². The van der Waals surface area contributed by atoms with Crippen LogP contribution in [0, 0.1) is 0 Å². The number of carbonyl (C=O) groups is 2. The monoisotopic (exact) mass is 466 g/mol. The molecule has 1 unspecified atom stereocenters. The molecule has 0 saturated carbocycles. The zero-order chi connectivity index (χ0) is 19.2. The summed E-state index contributed by atoms with van der Waals surface area (Å²) in [4.78, 5) is 21.6. The Balaban J connectivity index is 0.000000470. The quantitative estimate of drug-likeness (QED) is 0.338. The highest BCUT2D eigenvalue weighted by atomic mass is 127. The number of hydrogen-bond donors (Lipinski definition) is 2. The molecule has 0 aromatic rings. The maximum Gasteiger partial charge on any atom is 0.331 e. The van der Waals surface area contributed by atoms with Crippen molar-refractivity contribution in [1.29, 1.82) is 0 Å². The van der Waals surface area contributed by atoms with Gasteiger partial charge in [0.2, 0.25) is 0 Å². The van der Waals surface area contributed by atoms with E-state index in [1.54, 1.807) is 35.6 Å². The van der Waals surface area contributed by atoms with Crippen LogP contribution in [-0.2, 0) is 9.59 Å². The largest absolute Gasteiger partial charge is 0.480 e. The van der Waals surface area contributed by atoms with Crippen LogP contribution in [0.15, 0.2) is 23.3 Å². The highest BCUT2D eigenvalue weighted by Gasteiger charge is 2.37. The first-order valence-electron chi connectivity index (χ1n) is 8.37. The standard InChI is InChI=1S/C9H9IO4.C9H22Si/c1-5-2-6(7(11)12)4-9(10,3-5)8(13)14;1-7(2)10(8(3)4)9(5)6/h2-3H,4H2,1H3,(H,11,12)(H,13,14);7-10H,1-6H3. The van der Waals surface area contributed by atoms with Crippen LogP contribution >= 0.6 is 22.6 Å². The SMILES string of the molecule is CC(C)[SiH](C(C)C)C(C)C.CC1=CC(I)(C(=O)O)CC(C(=O)O)=C1. The van der Waals surface area contributed by atoms with Crippen molar-refractivity contribution in [3.8, 4) is 0 Å². The van der Waals surface area contributed by atoms with E-state index < -0.39 is 24.2 Å². The smallest absolute Gasteiger partial charge is 0.331 e. The minimum atomic E-state index is -1.12. The number of carboxylic acids is 2. The van der Waals surface area contributed by atoms with Gasteiger partial charge in [-0.15, -0.1) is 0 Å². The topological polar surface area (TPSA) is 74.6 Å². The van der Waals surface area contributed by atoms with E-state index in [0.717, 1.165) is 16.6 Å². The molecule has 0 radical (unpaired) electrons. The third-order valence-corrected chi connectivity index (χ3v) is 10.0. The van der Waals surface area contributed by atoms with Gasteiger partial charge in [0, 0.05) is 20.8 Å². The molecule has 4 nitrogen and oxygen atoms in total. The van der Waals surface area contributed by atoms with Gasteiger partial charge in [0.05, 0.1) is 0 Å². The van der Waals surface area contributed by atoms with Gasteiger partial charge in [-0.2, -0.15) is 0 Å². The summed E-state index contributed by atoms with van der Waals surface area (Å²) in [6.45, 7) is 16.0. The predicted octanol–water partition coefficient (Wildman–Crippen LogP) is 5.05.